The molecule has 0 aromatic heterocycles. The molecule has 0 saturated heterocycles. The highest BCUT2D eigenvalue weighted by Crippen LogP contribution is 2.38. The van der Waals surface area contributed by atoms with E-state index in [2.05, 4.69) is 10.0 Å². The topological polar surface area (TPSA) is 103 Å². The fraction of sp³-hybridized carbons (Fsp3) is 0.174. The van der Waals surface area contributed by atoms with Gasteiger partial charge in [-0.15, -0.1) is 0 Å². The summed E-state index contributed by atoms with van der Waals surface area (Å²) < 4.78 is 44.9. The largest absolute Gasteiger partial charge is 0.495 e. The van der Waals surface area contributed by atoms with Crippen molar-refractivity contribution in [3.63, 3.8) is 0 Å². The van der Waals surface area contributed by atoms with Crippen LogP contribution in [0.3, 0.4) is 0 Å². The van der Waals surface area contributed by atoms with Gasteiger partial charge in [0.2, 0.25) is 0 Å². The average molecular weight is 489 g/mol. The molecule has 0 spiro atoms. The minimum atomic E-state index is -3.96. The van der Waals surface area contributed by atoms with Gasteiger partial charge in [-0.2, -0.15) is 0 Å². The number of nitrogens with one attached hydrogen (secondary N) is 2. The van der Waals surface area contributed by atoms with Crippen molar-refractivity contribution >= 4 is 38.9 Å². The molecular weight excluding hydrogens is 468 g/mol. The normalized spacial score (nSPS) is 12.7. The molecule has 0 radical (unpaired) electrons. The number of ether oxygens (including phenoxy) is 3. The van der Waals surface area contributed by atoms with E-state index in [0.29, 0.717) is 47.4 Å². The Balaban J connectivity index is 1.60. The van der Waals surface area contributed by atoms with Gasteiger partial charge >= 0.3 is 0 Å². The van der Waals surface area contributed by atoms with Crippen molar-refractivity contribution in [2.24, 2.45) is 0 Å². The lowest BCUT2D eigenvalue weighted by atomic mass is 10.1. The molecule has 1 aliphatic rings. The number of carbonyl (C=O) groups is 1. The molecule has 1 aliphatic heterocycles. The molecule has 0 bridgehead atoms. The van der Waals surface area contributed by atoms with Crippen LogP contribution in [0, 0.1) is 6.92 Å². The Labute approximate surface area is 196 Å². The molecule has 3 aromatic carbocycles. The van der Waals surface area contributed by atoms with Crippen LogP contribution in [-0.2, 0) is 10.0 Å². The van der Waals surface area contributed by atoms with Gasteiger partial charge in [-0.05, 0) is 48.9 Å². The Morgan fingerprint density at radius 3 is 2.61 bits per heavy atom. The molecule has 172 valence electrons. The van der Waals surface area contributed by atoms with Crippen molar-refractivity contribution in [1.82, 2.24) is 0 Å². The lowest BCUT2D eigenvalue weighted by Crippen LogP contribution is -2.18. The third kappa shape index (κ3) is 4.84. The molecule has 3 aromatic rings. The number of halogens is 1. The van der Waals surface area contributed by atoms with Gasteiger partial charge in [0.1, 0.15) is 19.0 Å². The molecule has 0 saturated carbocycles. The Kier molecular flexibility index (Phi) is 6.35. The van der Waals surface area contributed by atoms with Crippen LogP contribution < -0.4 is 24.2 Å². The number of anilines is 2. The van der Waals surface area contributed by atoms with E-state index in [4.69, 9.17) is 25.8 Å². The summed E-state index contributed by atoms with van der Waals surface area (Å²) in [6.07, 6.45) is 0. The summed E-state index contributed by atoms with van der Waals surface area (Å²) in [7, 11) is -2.50. The maximum absolute atomic E-state index is 13.1. The minimum Gasteiger partial charge on any atom is -0.495 e. The summed E-state index contributed by atoms with van der Waals surface area (Å²) in [5.41, 5.74) is 1.37. The summed E-state index contributed by atoms with van der Waals surface area (Å²) >= 11 is 6.22. The molecule has 0 fully saturated rings. The molecule has 0 aliphatic carbocycles. The van der Waals surface area contributed by atoms with E-state index in [-0.39, 0.29) is 15.5 Å². The van der Waals surface area contributed by atoms with E-state index in [1.165, 1.54) is 25.3 Å². The van der Waals surface area contributed by atoms with Gasteiger partial charge in [0.05, 0.1) is 22.7 Å². The number of rotatable bonds is 6. The minimum absolute atomic E-state index is 0.0198. The molecule has 0 unspecified atom stereocenters. The Bertz CT molecular complexity index is 1330. The van der Waals surface area contributed by atoms with Gasteiger partial charge in [-0.25, -0.2) is 8.42 Å². The van der Waals surface area contributed by atoms with Crippen LogP contribution in [0.4, 0.5) is 11.4 Å². The van der Waals surface area contributed by atoms with Crippen molar-refractivity contribution in [1.29, 1.82) is 0 Å². The number of fused-ring (bicyclic) bond motifs is 1. The van der Waals surface area contributed by atoms with Crippen LogP contribution in [0.2, 0.25) is 5.02 Å². The first-order valence-corrected chi connectivity index (χ1v) is 11.8. The van der Waals surface area contributed by atoms with Crippen molar-refractivity contribution in [2.75, 3.05) is 30.4 Å². The van der Waals surface area contributed by atoms with Gasteiger partial charge in [0.15, 0.2) is 11.5 Å². The standard InChI is InChI=1S/C23H21ClN2O6S/c1-14-7-8-16(13-21(14)33(28,29)26-18-5-3-4-6-19(18)30-2)25-23(27)15-11-17(24)22-20(12-15)31-9-10-32-22/h3-8,11-13,26H,9-10H2,1-2H3,(H,25,27). The molecule has 1 heterocycles. The maximum Gasteiger partial charge on any atom is 0.262 e. The number of amides is 1. The lowest BCUT2D eigenvalue weighted by Gasteiger charge is -2.20. The Morgan fingerprint density at radius 2 is 1.82 bits per heavy atom. The number of sulfonamides is 1. The summed E-state index contributed by atoms with van der Waals surface area (Å²) in [5, 5.41) is 2.96. The molecule has 8 nitrogen and oxygen atoms in total. The Hall–Kier alpha value is -3.43. The first kappa shape index (κ1) is 22.8. The highest BCUT2D eigenvalue weighted by atomic mass is 35.5. The highest BCUT2D eigenvalue weighted by Gasteiger charge is 2.22. The second-order valence-electron chi connectivity index (χ2n) is 7.22. The van der Waals surface area contributed by atoms with Crippen molar-refractivity contribution < 1.29 is 27.4 Å². The summed E-state index contributed by atoms with van der Waals surface area (Å²) in [4.78, 5) is 12.8. The van der Waals surface area contributed by atoms with Crippen LogP contribution in [0.15, 0.2) is 59.5 Å². The van der Waals surface area contributed by atoms with E-state index >= 15 is 0 Å². The van der Waals surface area contributed by atoms with Gasteiger partial charge in [-0.3, -0.25) is 9.52 Å². The van der Waals surface area contributed by atoms with Crippen LogP contribution in [0.1, 0.15) is 15.9 Å². The molecular formula is C23H21ClN2O6S. The van der Waals surface area contributed by atoms with Gasteiger partial charge in [0.25, 0.3) is 15.9 Å². The first-order valence-electron chi connectivity index (χ1n) is 9.95. The second-order valence-corrected chi connectivity index (χ2v) is 9.28. The summed E-state index contributed by atoms with van der Waals surface area (Å²) in [6, 6.07) is 14.3. The van der Waals surface area contributed by atoms with Crippen LogP contribution >= 0.6 is 11.6 Å². The first-order chi connectivity index (χ1) is 15.8. The molecule has 4 rings (SSSR count). The van der Waals surface area contributed by atoms with Crippen LogP contribution in [0.25, 0.3) is 0 Å². The van der Waals surface area contributed by atoms with Gasteiger partial charge in [0, 0.05) is 11.3 Å². The van der Waals surface area contributed by atoms with Crippen LogP contribution in [-0.4, -0.2) is 34.6 Å². The Morgan fingerprint density at radius 1 is 1.06 bits per heavy atom. The van der Waals surface area contributed by atoms with Crippen molar-refractivity contribution in [3.8, 4) is 17.2 Å². The molecule has 2 N–H and O–H groups in total. The van der Waals surface area contributed by atoms with Gasteiger partial charge in [-0.1, -0.05) is 29.8 Å². The second kappa shape index (κ2) is 9.21. The number of hydrogen-bond donors (Lipinski definition) is 2. The SMILES string of the molecule is COc1ccccc1NS(=O)(=O)c1cc(NC(=O)c2cc(Cl)c3c(c2)OCCO3)ccc1C. The van der Waals surface area contributed by atoms with Gasteiger partial charge < -0.3 is 19.5 Å². The van der Waals surface area contributed by atoms with E-state index in [1.807, 2.05) is 0 Å². The third-order valence-electron chi connectivity index (χ3n) is 4.95. The number of para-hydroxylation sites is 2. The zero-order valence-corrected chi connectivity index (χ0v) is 19.4. The molecule has 0 atom stereocenters. The predicted molar refractivity (Wildman–Crippen MR) is 125 cm³/mol. The van der Waals surface area contributed by atoms with E-state index < -0.39 is 15.9 Å². The van der Waals surface area contributed by atoms with E-state index in [1.54, 1.807) is 43.3 Å². The third-order valence-corrected chi connectivity index (χ3v) is 6.73. The van der Waals surface area contributed by atoms with E-state index in [9.17, 15) is 13.2 Å². The summed E-state index contributed by atoms with van der Waals surface area (Å²) in [6.45, 7) is 2.40. The van der Waals surface area contributed by atoms with Crippen LogP contribution in [0.5, 0.6) is 17.2 Å². The average Bonchev–Trinajstić information content (AvgIpc) is 2.80. The number of aryl methyl sites for hydroxylation is 1. The fourth-order valence-corrected chi connectivity index (χ4v) is 4.95. The van der Waals surface area contributed by atoms with Crippen molar-refractivity contribution in [3.05, 3.63) is 70.7 Å². The van der Waals surface area contributed by atoms with E-state index in [0.717, 1.165) is 0 Å². The zero-order valence-electron chi connectivity index (χ0n) is 17.8. The number of methoxy groups -OCH3 is 1. The maximum atomic E-state index is 13.1. The molecule has 10 heteroatoms. The lowest BCUT2D eigenvalue weighted by molar-refractivity contribution is 0.102. The number of hydrogen-bond acceptors (Lipinski definition) is 6. The smallest absolute Gasteiger partial charge is 0.262 e. The predicted octanol–water partition coefficient (Wildman–Crippen LogP) is 4.48. The number of benzene rings is 3. The monoisotopic (exact) mass is 488 g/mol. The van der Waals surface area contributed by atoms with Crippen molar-refractivity contribution in [2.45, 2.75) is 11.8 Å². The quantitative estimate of drug-likeness (QED) is 0.530. The highest BCUT2D eigenvalue weighted by molar-refractivity contribution is 7.92. The zero-order chi connectivity index (χ0) is 23.6. The number of carbonyl (C=O) groups excluding carboxylic acids is 1. The fourth-order valence-electron chi connectivity index (χ4n) is 3.34. The summed E-state index contributed by atoms with van der Waals surface area (Å²) in [5.74, 6) is 0.690. The molecule has 1 amide bonds. The molecule has 33 heavy (non-hydrogen) atoms.